The van der Waals surface area contributed by atoms with Gasteiger partial charge in [-0.05, 0) is 12.8 Å². The van der Waals surface area contributed by atoms with Crippen LogP contribution in [0.5, 0.6) is 0 Å². The molecular formula is C9H16N2O3. The Balaban J connectivity index is 2.26. The number of hydrogen-bond acceptors (Lipinski definition) is 4. The molecule has 0 radical (unpaired) electrons. The van der Waals surface area contributed by atoms with Gasteiger partial charge in [0.15, 0.2) is 0 Å². The van der Waals surface area contributed by atoms with E-state index in [-0.39, 0.29) is 24.9 Å². The molecule has 0 unspecified atom stereocenters. The lowest BCUT2D eigenvalue weighted by Crippen LogP contribution is -2.52. The predicted octanol–water partition coefficient (Wildman–Crippen LogP) is -0.629. The monoisotopic (exact) mass is 200 g/mol. The first-order chi connectivity index (χ1) is 6.75. The zero-order valence-corrected chi connectivity index (χ0v) is 8.41. The molecule has 5 heteroatoms. The Morgan fingerprint density at radius 3 is 2.50 bits per heavy atom. The standard InChI is InChI=1S/C9H16N2O3/c1-14-5-3-2-4-11-8(12)6-10-7-9(11)13/h10H,2-7H2,1H3. The maximum Gasteiger partial charge on any atom is 0.243 e. The lowest BCUT2D eigenvalue weighted by atomic mass is 10.2. The highest BCUT2D eigenvalue weighted by Gasteiger charge is 2.24. The summed E-state index contributed by atoms with van der Waals surface area (Å²) in [5.74, 6) is -0.252. The van der Waals surface area contributed by atoms with Crippen molar-refractivity contribution >= 4 is 11.8 Å². The minimum absolute atomic E-state index is 0.126. The average Bonchev–Trinajstić information content (AvgIpc) is 2.16. The number of amides is 2. The van der Waals surface area contributed by atoms with E-state index in [2.05, 4.69) is 5.32 Å². The molecule has 0 saturated carbocycles. The third-order valence-corrected chi connectivity index (χ3v) is 2.13. The lowest BCUT2D eigenvalue weighted by Gasteiger charge is -2.25. The molecule has 0 aromatic carbocycles. The average molecular weight is 200 g/mol. The summed E-state index contributed by atoms with van der Waals surface area (Å²) in [6.45, 7) is 1.74. The maximum atomic E-state index is 11.3. The van der Waals surface area contributed by atoms with Crippen LogP contribution in [0.1, 0.15) is 12.8 Å². The van der Waals surface area contributed by atoms with Gasteiger partial charge in [0.2, 0.25) is 11.8 Å². The SMILES string of the molecule is COCCCCN1C(=O)CNCC1=O. The molecule has 1 aliphatic heterocycles. The fourth-order valence-electron chi connectivity index (χ4n) is 1.37. The Bertz CT molecular complexity index is 202. The van der Waals surface area contributed by atoms with Crippen LogP contribution >= 0.6 is 0 Å². The summed E-state index contributed by atoms with van der Waals surface area (Å²) in [5.41, 5.74) is 0. The number of carbonyl (C=O) groups excluding carboxylic acids is 2. The van der Waals surface area contributed by atoms with E-state index in [1.165, 1.54) is 4.90 Å². The van der Waals surface area contributed by atoms with Crippen LogP contribution in [0.2, 0.25) is 0 Å². The number of unbranched alkanes of at least 4 members (excludes halogenated alkanes) is 1. The first-order valence-corrected chi connectivity index (χ1v) is 4.78. The summed E-state index contributed by atoms with van der Waals surface area (Å²) in [4.78, 5) is 23.9. The van der Waals surface area contributed by atoms with Gasteiger partial charge in [0.25, 0.3) is 0 Å². The summed E-state index contributed by atoms with van der Waals surface area (Å²) in [7, 11) is 1.64. The molecule has 1 rings (SSSR count). The first-order valence-electron chi connectivity index (χ1n) is 4.78. The molecule has 1 saturated heterocycles. The van der Waals surface area contributed by atoms with Crippen molar-refractivity contribution in [2.45, 2.75) is 12.8 Å². The summed E-state index contributed by atoms with van der Waals surface area (Å²) < 4.78 is 4.88. The maximum absolute atomic E-state index is 11.3. The van der Waals surface area contributed by atoms with Crippen LogP contribution in [0.3, 0.4) is 0 Å². The van der Waals surface area contributed by atoms with Gasteiger partial charge >= 0.3 is 0 Å². The quantitative estimate of drug-likeness (QED) is 0.474. The van der Waals surface area contributed by atoms with Crippen molar-refractivity contribution in [1.29, 1.82) is 0 Å². The number of nitrogens with zero attached hydrogens (tertiary/aromatic N) is 1. The number of imide groups is 1. The summed E-state index contributed by atoms with van der Waals surface area (Å²) in [5, 5.41) is 2.75. The molecule has 0 atom stereocenters. The van der Waals surface area contributed by atoms with Crippen LogP contribution in [-0.4, -0.2) is 50.1 Å². The van der Waals surface area contributed by atoms with Gasteiger partial charge in [-0.3, -0.25) is 19.8 Å². The van der Waals surface area contributed by atoms with E-state index in [0.717, 1.165) is 12.8 Å². The largest absolute Gasteiger partial charge is 0.385 e. The van der Waals surface area contributed by atoms with Crippen LogP contribution in [0.25, 0.3) is 0 Å². The summed E-state index contributed by atoms with van der Waals surface area (Å²) >= 11 is 0. The highest BCUT2D eigenvalue weighted by molar-refractivity contribution is 5.99. The molecule has 0 aromatic heterocycles. The number of carbonyl (C=O) groups is 2. The van der Waals surface area contributed by atoms with Crippen molar-refractivity contribution in [3.63, 3.8) is 0 Å². The number of hydrogen-bond donors (Lipinski definition) is 1. The molecule has 14 heavy (non-hydrogen) atoms. The zero-order valence-electron chi connectivity index (χ0n) is 8.41. The predicted molar refractivity (Wildman–Crippen MR) is 50.7 cm³/mol. The smallest absolute Gasteiger partial charge is 0.243 e. The fourth-order valence-corrected chi connectivity index (χ4v) is 1.37. The molecule has 80 valence electrons. The third-order valence-electron chi connectivity index (χ3n) is 2.13. The van der Waals surface area contributed by atoms with Crippen molar-refractivity contribution in [3.05, 3.63) is 0 Å². The topological polar surface area (TPSA) is 58.6 Å². The van der Waals surface area contributed by atoms with E-state index >= 15 is 0 Å². The molecule has 1 fully saturated rings. The van der Waals surface area contributed by atoms with Crippen LogP contribution in [0, 0.1) is 0 Å². The number of ether oxygens (including phenoxy) is 1. The molecule has 0 aliphatic carbocycles. The molecule has 2 amide bonds. The molecule has 0 aromatic rings. The molecule has 0 spiro atoms. The molecule has 1 heterocycles. The van der Waals surface area contributed by atoms with E-state index in [0.29, 0.717) is 13.2 Å². The van der Waals surface area contributed by atoms with E-state index in [1.54, 1.807) is 7.11 Å². The highest BCUT2D eigenvalue weighted by Crippen LogP contribution is 2.00. The van der Waals surface area contributed by atoms with E-state index in [4.69, 9.17) is 4.74 Å². The van der Waals surface area contributed by atoms with Crippen molar-refractivity contribution in [2.24, 2.45) is 0 Å². The third kappa shape index (κ3) is 3.08. The number of piperazine rings is 1. The first kappa shape index (κ1) is 11.1. The van der Waals surface area contributed by atoms with Gasteiger partial charge in [-0.1, -0.05) is 0 Å². The number of methoxy groups -OCH3 is 1. The summed E-state index contributed by atoms with van der Waals surface area (Å²) in [6, 6.07) is 0. The molecule has 0 bridgehead atoms. The van der Waals surface area contributed by atoms with Gasteiger partial charge in [-0.2, -0.15) is 0 Å². The number of nitrogens with one attached hydrogen (secondary N) is 1. The second kappa shape index (κ2) is 5.72. The van der Waals surface area contributed by atoms with Crippen LogP contribution < -0.4 is 5.32 Å². The minimum Gasteiger partial charge on any atom is -0.385 e. The number of rotatable bonds is 5. The van der Waals surface area contributed by atoms with Gasteiger partial charge in [0, 0.05) is 20.3 Å². The van der Waals surface area contributed by atoms with Crippen molar-refractivity contribution in [2.75, 3.05) is 33.4 Å². The van der Waals surface area contributed by atoms with Gasteiger partial charge in [-0.25, -0.2) is 0 Å². The summed E-state index contributed by atoms with van der Waals surface area (Å²) in [6.07, 6.45) is 1.69. The fraction of sp³-hybridized carbons (Fsp3) is 0.778. The Morgan fingerprint density at radius 1 is 1.29 bits per heavy atom. The Kier molecular flexibility index (Phi) is 4.55. The van der Waals surface area contributed by atoms with Crippen molar-refractivity contribution < 1.29 is 14.3 Å². The highest BCUT2D eigenvalue weighted by atomic mass is 16.5. The second-order valence-electron chi connectivity index (χ2n) is 3.24. The Morgan fingerprint density at radius 2 is 1.93 bits per heavy atom. The van der Waals surface area contributed by atoms with E-state index in [9.17, 15) is 9.59 Å². The van der Waals surface area contributed by atoms with Gasteiger partial charge < -0.3 is 4.74 Å². The van der Waals surface area contributed by atoms with Crippen LogP contribution in [-0.2, 0) is 14.3 Å². The van der Waals surface area contributed by atoms with Crippen LogP contribution in [0.15, 0.2) is 0 Å². The second-order valence-corrected chi connectivity index (χ2v) is 3.24. The Hall–Kier alpha value is -0.940. The van der Waals surface area contributed by atoms with E-state index in [1.807, 2.05) is 0 Å². The molecular weight excluding hydrogens is 184 g/mol. The van der Waals surface area contributed by atoms with Crippen molar-refractivity contribution in [1.82, 2.24) is 10.2 Å². The van der Waals surface area contributed by atoms with Crippen LogP contribution in [0.4, 0.5) is 0 Å². The molecule has 1 aliphatic rings. The lowest BCUT2D eigenvalue weighted by molar-refractivity contribution is -0.146. The molecule has 5 nitrogen and oxygen atoms in total. The minimum atomic E-state index is -0.126. The Labute approximate surface area is 83.4 Å². The zero-order chi connectivity index (χ0) is 10.4. The van der Waals surface area contributed by atoms with Gasteiger partial charge in [0.05, 0.1) is 13.1 Å². The normalized spacial score (nSPS) is 17.6. The van der Waals surface area contributed by atoms with E-state index < -0.39 is 0 Å². The van der Waals surface area contributed by atoms with Gasteiger partial charge in [-0.15, -0.1) is 0 Å². The van der Waals surface area contributed by atoms with Gasteiger partial charge in [0.1, 0.15) is 0 Å². The van der Waals surface area contributed by atoms with Crippen molar-refractivity contribution in [3.8, 4) is 0 Å². The molecule has 1 N–H and O–H groups in total.